The molecule has 0 aromatic carbocycles. The molecule has 7 heteroatoms. The molecule has 0 bridgehead atoms. The zero-order chi connectivity index (χ0) is 14.5. The van der Waals surface area contributed by atoms with Crippen LogP contribution in [0.1, 0.15) is 37.1 Å². The molecule has 118 valence electrons. The van der Waals surface area contributed by atoms with Crippen LogP contribution in [-0.4, -0.2) is 19.6 Å². The fourth-order valence-electron chi connectivity index (χ4n) is 2.16. The summed E-state index contributed by atoms with van der Waals surface area (Å²) in [5, 5.41) is 11.7. The molecular formula is C14H23ClFN5. The normalized spacial score (nSPS) is 10.7. The Labute approximate surface area is 130 Å². The standard InChI is InChI=1S/C14H22FN5.ClH/c1-4-6-19-10-13(11(3)18-19)8-16-7-12-9-17-20(5-2)14(12)15;/h9-10,16H,4-8H2,1-3H3;1H. The molecule has 0 saturated carbocycles. The smallest absolute Gasteiger partial charge is 0.215 e. The molecule has 2 rings (SSSR count). The Morgan fingerprint density at radius 2 is 1.95 bits per heavy atom. The van der Waals surface area contributed by atoms with E-state index in [-0.39, 0.29) is 18.4 Å². The molecule has 0 aliphatic heterocycles. The van der Waals surface area contributed by atoms with E-state index in [2.05, 4.69) is 28.6 Å². The first-order valence-electron chi connectivity index (χ1n) is 7.09. The van der Waals surface area contributed by atoms with Gasteiger partial charge >= 0.3 is 0 Å². The van der Waals surface area contributed by atoms with Crippen LogP contribution in [-0.2, 0) is 26.2 Å². The molecule has 0 saturated heterocycles. The van der Waals surface area contributed by atoms with E-state index in [4.69, 9.17) is 0 Å². The lowest BCUT2D eigenvalue weighted by Crippen LogP contribution is -2.14. The first-order valence-corrected chi connectivity index (χ1v) is 7.09. The van der Waals surface area contributed by atoms with Crippen LogP contribution in [0.2, 0.25) is 0 Å². The van der Waals surface area contributed by atoms with Crippen LogP contribution >= 0.6 is 12.4 Å². The summed E-state index contributed by atoms with van der Waals surface area (Å²) in [5.41, 5.74) is 2.78. The van der Waals surface area contributed by atoms with Crippen LogP contribution in [0.3, 0.4) is 0 Å². The quantitative estimate of drug-likeness (QED) is 0.854. The third-order valence-electron chi connectivity index (χ3n) is 3.28. The van der Waals surface area contributed by atoms with Crippen molar-refractivity contribution < 1.29 is 4.39 Å². The minimum atomic E-state index is -0.251. The molecule has 2 aromatic rings. The molecule has 0 spiro atoms. The van der Waals surface area contributed by atoms with Crippen molar-refractivity contribution in [2.45, 2.75) is 53.4 Å². The molecule has 21 heavy (non-hydrogen) atoms. The zero-order valence-electron chi connectivity index (χ0n) is 12.8. The van der Waals surface area contributed by atoms with E-state index in [1.54, 1.807) is 6.20 Å². The van der Waals surface area contributed by atoms with Crippen molar-refractivity contribution in [3.63, 3.8) is 0 Å². The van der Waals surface area contributed by atoms with Crippen LogP contribution < -0.4 is 5.32 Å². The van der Waals surface area contributed by atoms with Crippen molar-refractivity contribution in [1.82, 2.24) is 24.9 Å². The second-order valence-corrected chi connectivity index (χ2v) is 4.88. The highest BCUT2D eigenvalue weighted by Crippen LogP contribution is 2.08. The van der Waals surface area contributed by atoms with Gasteiger partial charge < -0.3 is 5.32 Å². The molecule has 0 fully saturated rings. The van der Waals surface area contributed by atoms with E-state index in [9.17, 15) is 4.39 Å². The van der Waals surface area contributed by atoms with E-state index >= 15 is 0 Å². The van der Waals surface area contributed by atoms with Gasteiger partial charge in [-0.2, -0.15) is 14.6 Å². The first kappa shape index (κ1) is 17.7. The summed E-state index contributed by atoms with van der Waals surface area (Å²) >= 11 is 0. The highest BCUT2D eigenvalue weighted by atomic mass is 35.5. The van der Waals surface area contributed by atoms with Crippen LogP contribution in [0.4, 0.5) is 4.39 Å². The third-order valence-corrected chi connectivity index (χ3v) is 3.28. The third kappa shape index (κ3) is 4.28. The van der Waals surface area contributed by atoms with Crippen molar-refractivity contribution in [3.05, 3.63) is 35.2 Å². The van der Waals surface area contributed by atoms with Crippen LogP contribution in [0.25, 0.3) is 0 Å². The molecule has 0 radical (unpaired) electrons. The van der Waals surface area contributed by atoms with Gasteiger partial charge in [-0.1, -0.05) is 6.92 Å². The summed E-state index contributed by atoms with van der Waals surface area (Å²) in [5.74, 6) is -0.251. The Bertz CT molecular complexity index is 564. The van der Waals surface area contributed by atoms with Crippen molar-refractivity contribution >= 4 is 12.4 Å². The zero-order valence-corrected chi connectivity index (χ0v) is 13.6. The first-order chi connectivity index (χ1) is 9.65. The number of nitrogens with zero attached hydrogens (tertiary/aromatic N) is 4. The SMILES string of the molecule is CCCn1cc(CNCc2cnn(CC)c2F)c(C)n1.Cl. The molecule has 2 aromatic heterocycles. The molecule has 1 N–H and O–H groups in total. The second-order valence-electron chi connectivity index (χ2n) is 4.88. The van der Waals surface area contributed by atoms with Gasteiger partial charge in [0, 0.05) is 43.5 Å². The Kier molecular flexibility index (Phi) is 6.84. The van der Waals surface area contributed by atoms with Crippen LogP contribution in [0.5, 0.6) is 0 Å². The average Bonchev–Trinajstić information content (AvgIpc) is 2.95. The fourth-order valence-corrected chi connectivity index (χ4v) is 2.16. The summed E-state index contributed by atoms with van der Waals surface area (Å²) in [7, 11) is 0. The summed E-state index contributed by atoms with van der Waals surface area (Å²) in [4.78, 5) is 0. The molecular weight excluding hydrogens is 293 g/mol. The maximum Gasteiger partial charge on any atom is 0.215 e. The van der Waals surface area contributed by atoms with Crippen molar-refractivity contribution in [3.8, 4) is 0 Å². The maximum atomic E-state index is 13.8. The van der Waals surface area contributed by atoms with E-state index in [0.29, 0.717) is 25.2 Å². The number of aromatic nitrogens is 4. The summed E-state index contributed by atoms with van der Waals surface area (Å²) < 4.78 is 17.1. The van der Waals surface area contributed by atoms with Crippen LogP contribution in [0, 0.1) is 12.9 Å². The van der Waals surface area contributed by atoms with Crippen molar-refractivity contribution in [2.24, 2.45) is 0 Å². The molecule has 5 nitrogen and oxygen atoms in total. The molecule has 0 atom stereocenters. The predicted octanol–water partition coefficient (Wildman–Crippen LogP) is 2.67. The number of halogens is 2. The Hall–Kier alpha value is -1.40. The number of rotatable bonds is 7. The highest BCUT2D eigenvalue weighted by molar-refractivity contribution is 5.85. The minimum absolute atomic E-state index is 0. The lowest BCUT2D eigenvalue weighted by molar-refractivity contribution is 0.460. The number of aryl methyl sites for hydroxylation is 3. The minimum Gasteiger partial charge on any atom is -0.308 e. The van der Waals surface area contributed by atoms with Crippen LogP contribution in [0.15, 0.2) is 12.4 Å². The number of hydrogen-bond donors (Lipinski definition) is 1. The summed E-state index contributed by atoms with van der Waals surface area (Å²) in [6.07, 6.45) is 4.70. The van der Waals surface area contributed by atoms with Gasteiger partial charge in [0.1, 0.15) is 0 Å². The van der Waals surface area contributed by atoms with Gasteiger partial charge in [0.15, 0.2) is 0 Å². The molecule has 0 aliphatic carbocycles. The topological polar surface area (TPSA) is 47.7 Å². The Morgan fingerprint density at radius 1 is 1.24 bits per heavy atom. The Morgan fingerprint density at radius 3 is 2.57 bits per heavy atom. The molecule has 2 heterocycles. The summed E-state index contributed by atoms with van der Waals surface area (Å²) in [6, 6.07) is 0. The van der Waals surface area contributed by atoms with Gasteiger partial charge in [-0.15, -0.1) is 12.4 Å². The average molecular weight is 316 g/mol. The Balaban J connectivity index is 0.00000220. The highest BCUT2D eigenvalue weighted by Gasteiger charge is 2.09. The largest absolute Gasteiger partial charge is 0.308 e. The number of nitrogens with one attached hydrogen (secondary N) is 1. The van der Waals surface area contributed by atoms with Gasteiger partial charge in [0.2, 0.25) is 5.95 Å². The van der Waals surface area contributed by atoms with Crippen molar-refractivity contribution in [2.75, 3.05) is 0 Å². The van der Waals surface area contributed by atoms with Gasteiger partial charge in [-0.3, -0.25) is 4.68 Å². The van der Waals surface area contributed by atoms with Crippen molar-refractivity contribution in [1.29, 1.82) is 0 Å². The lowest BCUT2D eigenvalue weighted by atomic mass is 10.2. The van der Waals surface area contributed by atoms with Gasteiger partial charge in [0.25, 0.3) is 0 Å². The molecule has 0 unspecified atom stereocenters. The van der Waals surface area contributed by atoms with Gasteiger partial charge in [-0.25, -0.2) is 4.68 Å². The van der Waals surface area contributed by atoms with E-state index in [0.717, 1.165) is 24.2 Å². The predicted molar refractivity (Wildman–Crippen MR) is 82.9 cm³/mol. The van der Waals surface area contributed by atoms with E-state index in [1.165, 1.54) is 4.68 Å². The molecule has 0 amide bonds. The number of hydrogen-bond acceptors (Lipinski definition) is 3. The molecule has 0 aliphatic rings. The van der Waals surface area contributed by atoms with Gasteiger partial charge in [0.05, 0.1) is 11.9 Å². The van der Waals surface area contributed by atoms with E-state index in [1.807, 2.05) is 18.5 Å². The monoisotopic (exact) mass is 315 g/mol. The van der Waals surface area contributed by atoms with Gasteiger partial charge in [-0.05, 0) is 20.3 Å². The van der Waals surface area contributed by atoms with E-state index < -0.39 is 0 Å². The second kappa shape index (κ2) is 8.14. The summed E-state index contributed by atoms with van der Waals surface area (Å²) in [6.45, 7) is 8.64. The lowest BCUT2D eigenvalue weighted by Gasteiger charge is -2.02. The fraction of sp³-hybridized carbons (Fsp3) is 0.571. The maximum absolute atomic E-state index is 13.8.